The van der Waals surface area contributed by atoms with Crippen molar-refractivity contribution in [1.29, 1.82) is 0 Å². The molecule has 0 N–H and O–H groups in total. The highest BCUT2D eigenvalue weighted by molar-refractivity contribution is 5.93. The minimum absolute atomic E-state index is 0.0225. The van der Waals surface area contributed by atoms with Crippen LogP contribution in [0.4, 0.5) is 5.82 Å². The Morgan fingerprint density at radius 2 is 2.07 bits per heavy atom. The monoisotopic (exact) mass is 370 g/mol. The molecule has 1 saturated carbocycles. The van der Waals surface area contributed by atoms with Crippen molar-refractivity contribution in [2.24, 2.45) is 11.3 Å². The first kappa shape index (κ1) is 18.3. The molecule has 1 spiro atoms. The van der Waals surface area contributed by atoms with Crippen LogP contribution in [0, 0.1) is 11.3 Å². The fourth-order valence-corrected chi connectivity index (χ4v) is 4.58. The van der Waals surface area contributed by atoms with Gasteiger partial charge in [-0.3, -0.25) is 9.59 Å². The molecule has 0 radical (unpaired) electrons. The molecule has 0 unspecified atom stereocenters. The first-order valence-corrected chi connectivity index (χ1v) is 10.2. The van der Waals surface area contributed by atoms with Gasteiger partial charge in [-0.25, -0.2) is 4.98 Å². The van der Waals surface area contributed by atoms with Crippen LogP contribution in [0.2, 0.25) is 0 Å². The van der Waals surface area contributed by atoms with Crippen molar-refractivity contribution < 1.29 is 9.59 Å². The number of likely N-dealkylation sites (tertiary alicyclic amines) is 1. The molecular weight excluding hydrogens is 340 g/mol. The molecule has 2 aliphatic heterocycles. The van der Waals surface area contributed by atoms with Crippen molar-refractivity contribution in [2.45, 2.75) is 38.5 Å². The lowest BCUT2D eigenvalue weighted by Crippen LogP contribution is -2.54. The molecule has 3 heterocycles. The second kappa shape index (κ2) is 7.13. The van der Waals surface area contributed by atoms with Gasteiger partial charge in [-0.2, -0.15) is 0 Å². The maximum absolute atomic E-state index is 12.4. The Kier molecular flexibility index (Phi) is 4.82. The number of rotatable bonds is 4. The minimum Gasteiger partial charge on any atom is -0.356 e. The van der Waals surface area contributed by atoms with E-state index in [1.165, 1.54) is 19.3 Å². The number of hydrogen-bond donors (Lipinski definition) is 0. The largest absolute Gasteiger partial charge is 0.356 e. The molecule has 6 nitrogen and oxygen atoms in total. The van der Waals surface area contributed by atoms with Gasteiger partial charge < -0.3 is 14.7 Å². The summed E-state index contributed by atoms with van der Waals surface area (Å²) in [7, 11) is 3.50. The van der Waals surface area contributed by atoms with Crippen molar-refractivity contribution in [1.82, 2.24) is 14.8 Å². The van der Waals surface area contributed by atoms with Crippen LogP contribution in [0.3, 0.4) is 0 Å². The van der Waals surface area contributed by atoms with Gasteiger partial charge in [0.2, 0.25) is 5.91 Å². The molecule has 2 saturated heterocycles. The number of aromatic nitrogens is 1. The van der Waals surface area contributed by atoms with E-state index in [-0.39, 0.29) is 11.3 Å². The maximum atomic E-state index is 12.4. The van der Waals surface area contributed by atoms with Crippen LogP contribution in [0.15, 0.2) is 18.3 Å². The quantitative estimate of drug-likeness (QED) is 0.817. The van der Waals surface area contributed by atoms with E-state index in [9.17, 15) is 9.59 Å². The van der Waals surface area contributed by atoms with E-state index in [1.54, 1.807) is 25.2 Å². The molecule has 1 atom stereocenters. The predicted molar refractivity (Wildman–Crippen MR) is 105 cm³/mol. The highest BCUT2D eigenvalue weighted by Gasteiger charge is 2.43. The van der Waals surface area contributed by atoms with Gasteiger partial charge in [0.1, 0.15) is 5.82 Å². The van der Waals surface area contributed by atoms with E-state index in [2.05, 4.69) is 14.8 Å². The van der Waals surface area contributed by atoms with E-state index >= 15 is 0 Å². The van der Waals surface area contributed by atoms with Gasteiger partial charge >= 0.3 is 0 Å². The summed E-state index contributed by atoms with van der Waals surface area (Å²) in [5, 5.41) is 0. The number of anilines is 1. The lowest BCUT2D eigenvalue weighted by molar-refractivity contribution is -0.138. The van der Waals surface area contributed by atoms with Crippen LogP contribution in [-0.4, -0.2) is 66.9 Å². The molecule has 3 aliphatic rings. The van der Waals surface area contributed by atoms with E-state index in [4.69, 9.17) is 0 Å². The standard InChI is InChI=1S/C21H30N4O2/c1-23(2)20(27)17-6-7-18(22-12-17)24-11-3-9-21(14-24)10-8-19(26)25(15-21)13-16-4-5-16/h6-7,12,16H,3-5,8-11,13-15H2,1-2H3/t21-/m0/s1. The Balaban J connectivity index is 1.45. The fourth-order valence-electron chi connectivity index (χ4n) is 4.58. The van der Waals surface area contributed by atoms with Gasteiger partial charge in [0.25, 0.3) is 5.91 Å². The Morgan fingerprint density at radius 1 is 1.26 bits per heavy atom. The zero-order valence-corrected chi connectivity index (χ0v) is 16.5. The molecule has 2 amide bonds. The number of carbonyl (C=O) groups excluding carboxylic acids is 2. The van der Waals surface area contributed by atoms with Crippen LogP contribution in [-0.2, 0) is 4.79 Å². The summed E-state index contributed by atoms with van der Waals surface area (Å²) in [5.41, 5.74) is 0.815. The topological polar surface area (TPSA) is 56.8 Å². The van der Waals surface area contributed by atoms with Gasteiger partial charge in [0.15, 0.2) is 0 Å². The molecule has 146 valence electrons. The van der Waals surface area contributed by atoms with Crippen molar-refractivity contribution in [3.63, 3.8) is 0 Å². The molecule has 1 aliphatic carbocycles. The lowest BCUT2D eigenvalue weighted by atomic mass is 9.73. The van der Waals surface area contributed by atoms with Gasteiger partial charge in [0, 0.05) is 58.3 Å². The van der Waals surface area contributed by atoms with Gasteiger partial charge in [-0.15, -0.1) is 0 Å². The molecular formula is C21H30N4O2. The lowest BCUT2D eigenvalue weighted by Gasteiger charge is -2.48. The Hall–Kier alpha value is -2.11. The fraction of sp³-hybridized carbons (Fsp3) is 0.667. The summed E-state index contributed by atoms with van der Waals surface area (Å²) < 4.78 is 0. The molecule has 27 heavy (non-hydrogen) atoms. The van der Waals surface area contributed by atoms with Crippen LogP contribution < -0.4 is 4.90 Å². The zero-order valence-electron chi connectivity index (χ0n) is 16.5. The molecule has 4 rings (SSSR count). The molecule has 1 aromatic rings. The Bertz CT molecular complexity index is 713. The molecule has 0 aromatic carbocycles. The number of carbonyl (C=O) groups is 2. The van der Waals surface area contributed by atoms with E-state index in [1.807, 2.05) is 12.1 Å². The highest BCUT2D eigenvalue weighted by Crippen LogP contribution is 2.41. The first-order chi connectivity index (χ1) is 13.0. The number of nitrogens with zero attached hydrogens (tertiary/aromatic N) is 4. The summed E-state index contributed by atoms with van der Waals surface area (Å²) in [4.78, 5) is 35.0. The molecule has 6 heteroatoms. The van der Waals surface area contributed by atoms with Crippen LogP contribution >= 0.6 is 0 Å². The number of piperidine rings is 2. The number of hydrogen-bond acceptors (Lipinski definition) is 4. The van der Waals surface area contributed by atoms with Crippen molar-refractivity contribution in [3.05, 3.63) is 23.9 Å². The smallest absolute Gasteiger partial charge is 0.254 e. The van der Waals surface area contributed by atoms with E-state index < -0.39 is 0 Å². The number of amides is 2. The summed E-state index contributed by atoms with van der Waals surface area (Å²) in [5.74, 6) is 2.00. The third-order valence-corrected chi connectivity index (χ3v) is 6.31. The van der Waals surface area contributed by atoms with Gasteiger partial charge in [0.05, 0.1) is 5.56 Å². The molecule has 1 aromatic heterocycles. The Labute approximate surface area is 161 Å². The summed E-state index contributed by atoms with van der Waals surface area (Å²) in [6.45, 7) is 3.80. The van der Waals surface area contributed by atoms with Crippen LogP contribution in [0.25, 0.3) is 0 Å². The van der Waals surface area contributed by atoms with Crippen LogP contribution in [0.1, 0.15) is 48.9 Å². The van der Waals surface area contributed by atoms with Crippen molar-refractivity contribution in [3.8, 4) is 0 Å². The van der Waals surface area contributed by atoms with Crippen molar-refractivity contribution >= 4 is 17.6 Å². The normalized spacial score (nSPS) is 25.8. The predicted octanol–water partition coefficient (Wildman–Crippen LogP) is 2.40. The number of pyridine rings is 1. The van der Waals surface area contributed by atoms with Gasteiger partial charge in [-0.05, 0) is 50.2 Å². The summed E-state index contributed by atoms with van der Waals surface area (Å²) in [6.07, 6.45) is 8.24. The van der Waals surface area contributed by atoms with Gasteiger partial charge in [-0.1, -0.05) is 0 Å². The van der Waals surface area contributed by atoms with E-state index in [0.29, 0.717) is 17.9 Å². The average molecular weight is 370 g/mol. The Morgan fingerprint density at radius 3 is 2.74 bits per heavy atom. The molecule has 3 fully saturated rings. The molecule has 0 bridgehead atoms. The second-order valence-corrected chi connectivity index (χ2v) is 8.85. The average Bonchev–Trinajstić information content (AvgIpc) is 3.49. The summed E-state index contributed by atoms with van der Waals surface area (Å²) >= 11 is 0. The summed E-state index contributed by atoms with van der Waals surface area (Å²) in [6, 6.07) is 3.83. The second-order valence-electron chi connectivity index (χ2n) is 8.85. The van der Waals surface area contributed by atoms with Crippen molar-refractivity contribution in [2.75, 3.05) is 45.2 Å². The third-order valence-electron chi connectivity index (χ3n) is 6.31. The highest BCUT2D eigenvalue weighted by atomic mass is 16.2. The van der Waals surface area contributed by atoms with E-state index in [0.717, 1.165) is 50.8 Å². The first-order valence-electron chi connectivity index (χ1n) is 10.2. The SMILES string of the molecule is CN(C)C(=O)c1ccc(N2CCC[C@]3(CCC(=O)N(CC4CC4)C3)C2)nc1. The zero-order chi connectivity index (χ0) is 19.0. The third kappa shape index (κ3) is 3.94. The maximum Gasteiger partial charge on any atom is 0.254 e. The minimum atomic E-state index is -0.0225. The van der Waals surface area contributed by atoms with Crippen LogP contribution in [0.5, 0.6) is 0 Å².